The Morgan fingerprint density at radius 3 is 2.52 bits per heavy atom. The number of rotatable bonds is 7. The quantitative estimate of drug-likeness (QED) is 0.830. The minimum atomic E-state index is -3.35. The van der Waals surface area contributed by atoms with E-state index in [0.717, 1.165) is 16.9 Å². The van der Waals surface area contributed by atoms with Gasteiger partial charge in [-0.25, -0.2) is 13.1 Å². The van der Waals surface area contributed by atoms with Crippen molar-refractivity contribution in [2.75, 3.05) is 0 Å². The van der Waals surface area contributed by atoms with Crippen LogP contribution in [0.2, 0.25) is 5.02 Å². The first-order valence-electron chi connectivity index (χ1n) is 6.76. The van der Waals surface area contributed by atoms with Crippen LogP contribution in [0.3, 0.4) is 0 Å². The van der Waals surface area contributed by atoms with Crippen LogP contribution in [0.25, 0.3) is 0 Å². The van der Waals surface area contributed by atoms with Gasteiger partial charge in [-0.3, -0.25) is 0 Å². The summed E-state index contributed by atoms with van der Waals surface area (Å²) in [5, 5.41) is 2.63. The van der Waals surface area contributed by atoms with E-state index in [2.05, 4.69) is 4.72 Å². The molecule has 0 saturated carbocycles. The molecule has 2 rings (SSSR count). The lowest BCUT2D eigenvalue weighted by molar-refractivity contribution is 0.538. The van der Waals surface area contributed by atoms with Crippen LogP contribution in [0, 0.1) is 0 Å². The van der Waals surface area contributed by atoms with Crippen molar-refractivity contribution < 1.29 is 8.42 Å². The van der Waals surface area contributed by atoms with Gasteiger partial charge in [0.25, 0.3) is 0 Å². The summed E-state index contributed by atoms with van der Waals surface area (Å²) in [6, 6.07) is 10.9. The Labute approximate surface area is 135 Å². The van der Waals surface area contributed by atoms with Gasteiger partial charge in [-0.05, 0) is 29.9 Å². The Morgan fingerprint density at radius 2 is 1.95 bits per heavy atom. The second-order valence-electron chi connectivity index (χ2n) is 4.86. The molecule has 0 radical (unpaired) electrons. The zero-order valence-corrected chi connectivity index (χ0v) is 14.1. The molecular weight excluding hydrogens is 326 g/mol. The number of halogens is 1. The zero-order chi connectivity index (χ0) is 15.3. The smallest absolute Gasteiger partial charge is 0.212 e. The van der Waals surface area contributed by atoms with Crippen molar-refractivity contribution in [3.8, 4) is 0 Å². The van der Waals surface area contributed by atoms with E-state index in [1.807, 2.05) is 48.7 Å². The summed E-state index contributed by atoms with van der Waals surface area (Å²) >= 11 is 7.63. The van der Waals surface area contributed by atoms with Crippen LogP contribution in [0.15, 0.2) is 41.8 Å². The lowest BCUT2D eigenvalue weighted by atomic mass is 10.1. The van der Waals surface area contributed by atoms with Gasteiger partial charge in [-0.1, -0.05) is 48.9 Å². The number of benzene rings is 1. The van der Waals surface area contributed by atoms with Gasteiger partial charge >= 0.3 is 0 Å². The third-order valence-corrected chi connectivity index (χ3v) is 5.98. The molecule has 1 N–H and O–H groups in total. The van der Waals surface area contributed by atoms with E-state index >= 15 is 0 Å². The molecule has 0 aliphatic carbocycles. The number of sulfonamides is 1. The lowest BCUT2D eigenvalue weighted by Gasteiger charge is -2.16. The van der Waals surface area contributed by atoms with Crippen molar-refractivity contribution in [3.05, 3.63) is 57.2 Å². The predicted octanol–water partition coefficient (Wildman–Crippen LogP) is 3.84. The number of thiophene rings is 1. The highest BCUT2D eigenvalue weighted by Gasteiger charge is 2.19. The highest BCUT2D eigenvalue weighted by molar-refractivity contribution is 7.88. The third-order valence-electron chi connectivity index (χ3n) is 3.16. The maximum Gasteiger partial charge on any atom is 0.216 e. The van der Waals surface area contributed by atoms with Gasteiger partial charge in [0.05, 0.1) is 10.8 Å². The van der Waals surface area contributed by atoms with E-state index in [9.17, 15) is 8.42 Å². The maximum atomic E-state index is 12.2. The number of hydrogen-bond donors (Lipinski definition) is 1. The highest BCUT2D eigenvalue weighted by Crippen LogP contribution is 2.24. The Kier molecular flexibility index (Phi) is 5.81. The normalized spacial score (nSPS) is 13.2. The molecule has 1 aromatic heterocycles. The van der Waals surface area contributed by atoms with Crippen LogP contribution < -0.4 is 4.72 Å². The van der Waals surface area contributed by atoms with Crippen LogP contribution in [0.5, 0.6) is 0 Å². The van der Waals surface area contributed by atoms with Crippen LogP contribution in [0.4, 0.5) is 0 Å². The van der Waals surface area contributed by atoms with Crippen molar-refractivity contribution >= 4 is 33.0 Å². The van der Waals surface area contributed by atoms with E-state index in [-0.39, 0.29) is 11.8 Å². The van der Waals surface area contributed by atoms with Gasteiger partial charge in [0, 0.05) is 10.9 Å². The molecule has 1 atom stereocenters. The molecule has 0 saturated heterocycles. The monoisotopic (exact) mass is 343 g/mol. The minimum Gasteiger partial charge on any atom is -0.212 e. The molecule has 6 heteroatoms. The topological polar surface area (TPSA) is 46.2 Å². The number of nitrogens with one attached hydrogen (secondary N) is 1. The number of hydrogen-bond acceptors (Lipinski definition) is 3. The van der Waals surface area contributed by atoms with Gasteiger partial charge in [0.15, 0.2) is 0 Å². The van der Waals surface area contributed by atoms with Crippen molar-refractivity contribution in [1.29, 1.82) is 0 Å². The molecule has 21 heavy (non-hydrogen) atoms. The summed E-state index contributed by atoms with van der Waals surface area (Å²) in [6.45, 7) is 1.97. The van der Waals surface area contributed by atoms with E-state index < -0.39 is 10.0 Å². The van der Waals surface area contributed by atoms with Crippen molar-refractivity contribution in [1.82, 2.24) is 4.72 Å². The van der Waals surface area contributed by atoms with Crippen LogP contribution in [-0.2, 0) is 22.2 Å². The highest BCUT2D eigenvalue weighted by atomic mass is 35.5. The van der Waals surface area contributed by atoms with E-state index in [1.54, 1.807) is 11.3 Å². The molecule has 0 aliphatic heterocycles. The summed E-state index contributed by atoms with van der Waals surface area (Å²) in [6.07, 6.45) is 1.35. The Morgan fingerprint density at radius 1 is 1.24 bits per heavy atom. The van der Waals surface area contributed by atoms with Crippen LogP contribution in [-0.4, -0.2) is 14.5 Å². The third kappa shape index (κ3) is 5.11. The molecule has 1 aromatic carbocycles. The van der Waals surface area contributed by atoms with Crippen molar-refractivity contribution in [2.24, 2.45) is 0 Å². The second kappa shape index (κ2) is 7.40. The standard InChI is InChI=1S/C15H18ClNO2S2/c1-2-13(10-15-14(16)8-9-20-15)17-21(18,19)11-12-6-4-3-5-7-12/h3-9,13,17H,2,10-11H2,1H3. The second-order valence-corrected chi connectivity index (χ2v) is 8.03. The molecule has 3 nitrogen and oxygen atoms in total. The van der Waals surface area contributed by atoms with Crippen molar-refractivity contribution in [3.63, 3.8) is 0 Å². The average Bonchev–Trinajstić information content (AvgIpc) is 2.84. The van der Waals surface area contributed by atoms with E-state index in [1.165, 1.54) is 0 Å². The molecular formula is C15H18ClNO2S2. The fourth-order valence-electron chi connectivity index (χ4n) is 2.05. The Hall–Kier alpha value is -0.880. The molecule has 0 fully saturated rings. The summed E-state index contributed by atoms with van der Waals surface area (Å²) in [4.78, 5) is 1.02. The first kappa shape index (κ1) is 16.5. The Balaban J connectivity index is 2.02. The molecule has 0 spiro atoms. The molecule has 114 valence electrons. The lowest BCUT2D eigenvalue weighted by Crippen LogP contribution is -2.36. The molecule has 0 bridgehead atoms. The average molecular weight is 344 g/mol. The van der Waals surface area contributed by atoms with E-state index in [4.69, 9.17) is 11.6 Å². The largest absolute Gasteiger partial charge is 0.216 e. The Bertz CT molecular complexity index is 668. The molecule has 1 unspecified atom stereocenters. The van der Waals surface area contributed by atoms with Gasteiger partial charge in [-0.2, -0.15) is 0 Å². The molecule has 1 heterocycles. The van der Waals surface area contributed by atoms with E-state index in [0.29, 0.717) is 11.4 Å². The van der Waals surface area contributed by atoms with Crippen LogP contribution in [0.1, 0.15) is 23.8 Å². The first-order chi connectivity index (χ1) is 10.00. The summed E-state index contributed by atoms with van der Waals surface area (Å²) in [5.74, 6) is 0.00249. The summed E-state index contributed by atoms with van der Waals surface area (Å²) < 4.78 is 27.3. The van der Waals surface area contributed by atoms with Crippen molar-refractivity contribution in [2.45, 2.75) is 31.6 Å². The minimum absolute atomic E-state index is 0.00249. The fourth-order valence-corrected chi connectivity index (χ4v) is 4.72. The van der Waals surface area contributed by atoms with Crippen LogP contribution >= 0.6 is 22.9 Å². The van der Waals surface area contributed by atoms with Gasteiger partial charge in [0.1, 0.15) is 0 Å². The summed E-state index contributed by atoms with van der Waals surface area (Å²) in [5.41, 5.74) is 0.786. The maximum absolute atomic E-state index is 12.2. The summed E-state index contributed by atoms with van der Waals surface area (Å²) in [7, 11) is -3.35. The molecule has 2 aromatic rings. The predicted molar refractivity (Wildman–Crippen MR) is 89.3 cm³/mol. The van der Waals surface area contributed by atoms with Gasteiger partial charge < -0.3 is 0 Å². The van der Waals surface area contributed by atoms with Gasteiger partial charge in [-0.15, -0.1) is 11.3 Å². The molecule has 0 aliphatic rings. The first-order valence-corrected chi connectivity index (χ1v) is 9.67. The SMILES string of the molecule is CCC(Cc1sccc1Cl)NS(=O)(=O)Cc1ccccc1. The van der Waals surface area contributed by atoms with Gasteiger partial charge in [0.2, 0.25) is 10.0 Å². The molecule has 0 amide bonds. The zero-order valence-electron chi connectivity index (χ0n) is 11.8. The fraction of sp³-hybridized carbons (Fsp3) is 0.333.